The third kappa shape index (κ3) is 4.82. The lowest BCUT2D eigenvalue weighted by atomic mass is 9.90. The maximum absolute atomic E-state index is 14.1. The Kier molecular flexibility index (Phi) is 7.13. The molecule has 5 aromatic rings. The molecule has 7 rings (SSSR count). The maximum Gasteiger partial charge on any atom is 0.261 e. The molecule has 1 aliphatic carbocycles. The number of fused-ring (bicyclic) bond motifs is 2. The average molecular weight is 562 g/mol. The molecule has 1 saturated carbocycles. The molecule has 0 spiro atoms. The van der Waals surface area contributed by atoms with Crippen molar-refractivity contribution in [3.05, 3.63) is 94.0 Å². The van der Waals surface area contributed by atoms with Crippen LogP contribution in [0.2, 0.25) is 0 Å². The highest BCUT2D eigenvalue weighted by atomic mass is 16.7. The number of hydrogen-bond donors (Lipinski definition) is 1. The molecule has 2 aliphatic rings. The summed E-state index contributed by atoms with van der Waals surface area (Å²) in [4.78, 5) is 25.3. The largest absolute Gasteiger partial charge is 0.295 e. The Bertz CT molecular complexity index is 1760. The first-order valence-corrected chi connectivity index (χ1v) is 15.0. The van der Waals surface area contributed by atoms with E-state index in [1.165, 1.54) is 6.42 Å². The lowest BCUT2D eigenvalue weighted by molar-refractivity contribution is -0.144. The number of tetrazole rings is 1. The molecule has 0 unspecified atom stereocenters. The molecule has 9 heteroatoms. The fourth-order valence-corrected chi connectivity index (χ4v) is 6.79. The van der Waals surface area contributed by atoms with Crippen LogP contribution in [-0.4, -0.2) is 48.4 Å². The predicted molar refractivity (Wildman–Crippen MR) is 161 cm³/mol. The van der Waals surface area contributed by atoms with Gasteiger partial charge in [-0.05, 0) is 58.9 Å². The SMILES string of the molecule is CCCCc1nc2ccc([C@H]3[C@@H]4CCC[C@@H]4ON3C)cc2c(=O)n1Cc1ccc(-c2ccccc2-c2nn[nH]n2)cc1. The smallest absolute Gasteiger partial charge is 0.261 e. The molecule has 2 fully saturated rings. The summed E-state index contributed by atoms with van der Waals surface area (Å²) in [5, 5.41) is 17.2. The standard InChI is InChI=1S/C33H35N7O2/c1-3-4-12-30-34-28-18-17-23(31-26-10-7-11-29(26)42-39(31)2)19-27(28)33(41)40(30)20-21-13-15-22(16-14-21)24-8-5-6-9-25(24)32-35-37-38-36-32/h5-6,8-9,13-19,26,29,31H,3-4,7,10-12,20H2,1-2H3,(H,35,36,37,38)/t26-,29+,31+/m1/s1. The van der Waals surface area contributed by atoms with E-state index in [9.17, 15) is 4.79 Å². The van der Waals surface area contributed by atoms with Gasteiger partial charge in [-0.25, -0.2) is 4.98 Å². The summed E-state index contributed by atoms with van der Waals surface area (Å²) >= 11 is 0. The van der Waals surface area contributed by atoms with Gasteiger partial charge in [-0.1, -0.05) is 74.4 Å². The Morgan fingerprint density at radius 3 is 2.64 bits per heavy atom. The van der Waals surface area contributed by atoms with Crippen LogP contribution in [-0.2, 0) is 17.8 Å². The van der Waals surface area contributed by atoms with Crippen LogP contribution in [0.1, 0.15) is 62.0 Å². The van der Waals surface area contributed by atoms with Gasteiger partial charge in [0.25, 0.3) is 5.56 Å². The molecule has 0 bridgehead atoms. The highest BCUT2D eigenvalue weighted by molar-refractivity contribution is 5.80. The van der Waals surface area contributed by atoms with Gasteiger partial charge in [0.05, 0.1) is 29.6 Å². The molecule has 0 amide bonds. The van der Waals surface area contributed by atoms with Crippen LogP contribution in [0.5, 0.6) is 0 Å². The zero-order valence-electron chi connectivity index (χ0n) is 24.0. The quantitative estimate of drug-likeness (QED) is 0.258. The van der Waals surface area contributed by atoms with Gasteiger partial charge in [-0.2, -0.15) is 10.3 Å². The summed E-state index contributed by atoms with van der Waals surface area (Å²) in [5.41, 5.74) is 5.95. The van der Waals surface area contributed by atoms with E-state index in [1.54, 1.807) is 0 Å². The van der Waals surface area contributed by atoms with E-state index < -0.39 is 0 Å². The van der Waals surface area contributed by atoms with E-state index >= 15 is 0 Å². The Morgan fingerprint density at radius 1 is 1.02 bits per heavy atom. The zero-order chi connectivity index (χ0) is 28.6. The van der Waals surface area contributed by atoms with Gasteiger partial charge in [0.1, 0.15) is 5.82 Å². The van der Waals surface area contributed by atoms with Crippen molar-refractivity contribution in [3.8, 4) is 22.5 Å². The van der Waals surface area contributed by atoms with E-state index in [0.717, 1.165) is 71.3 Å². The van der Waals surface area contributed by atoms with Crippen LogP contribution < -0.4 is 5.56 Å². The molecule has 1 N–H and O–H groups in total. The van der Waals surface area contributed by atoms with E-state index in [1.807, 2.05) is 40.9 Å². The third-order valence-electron chi connectivity index (χ3n) is 8.87. The Hall–Kier alpha value is -4.21. The number of hydrogen-bond acceptors (Lipinski definition) is 7. The monoisotopic (exact) mass is 561 g/mol. The molecule has 3 heterocycles. The summed E-state index contributed by atoms with van der Waals surface area (Å²) in [6.45, 7) is 2.63. The number of nitrogens with zero attached hydrogens (tertiary/aromatic N) is 6. The van der Waals surface area contributed by atoms with Crippen LogP contribution in [0.25, 0.3) is 33.4 Å². The lowest BCUT2D eigenvalue weighted by Crippen LogP contribution is -2.27. The van der Waals surface area contributed by atoms with Gasteiger partial charge in [-0.15, -0.1) is 10.2 Å². The normalized spacial score (nSPS) is 20.4. The molecular formula is C33H35N7O2. The number of benzene rings is 3. The fourth-order valence-electron chi connectivity index (χ4n) is 6.79. The molecule has 42 heavy (non-hydrogen) atoms. The molecule has 1 saturated heterocycles. The second kappa shape index (κ2) is 11.2. The van der Waals surface area contributed by atoms with Crippen molar-refractivity contribution in [1.29, 1.82) is 0 Å². The Morgan fingerprint density at radius 2 is 1.86 bits per heavy atom. The van der Waals surface area contributed by atoms with Crippen molar-refractivity contribution in [3.63, 3.8) is 0 Å². The van der Waals surface area contributed by atoms with E-state index in [2.05, 4.69) is 70.0 Å². The first kappa shape index (κ1) is 26.7. The highest BCUT2D eigenvalue weighted by Crippen LogP contribution is 2.46. The summed E-state index contributed by atoms with van der Waals surface area (Å²) in [5.74, 6) is 1.86. The second-order valence-electron chi connectivity index (χ2n) is 11.5. The number of unbranched alkanes of at least 4 members (excludes halogenated alkanes) is 1. The van der Waals surface area contributed by atoms with Crippen molar-refractivity contribution < 1.29 is 4.84 Å². The van der Waals surface area contributed by atoms with Crippen LogP contribution in [0.4, 0.5) is 0 Å². The van der Waals surface area contributed by atoms with Gasteiger partial charge >= 0.3 is 0 Å². The number of aromatic nitrogens is 6. The fraction of sp³-hybridized carbons (Fsp3) is 0.364. The van der Waals surface area contributed by atoms with Gasteiger partial charge in [0.15, 0.2) is 0 Å². The molecule has 3 atom stereocenters. The van der Waals surface area contributed by atoms with Crippen LogP contribution in [0, 0.1) is 5.92 Å². The average Bonchev–Trinajstić information content (AvgIpc) is 3.77. The molecule has 9 nitrogen and oxygen atoms in total. The molecule has 3 aromatic carbocycles. The van der Waals surface area contributed by atoms with Gasteiger partial charge < -0.3 is 0 Å². The number of nitrogens with one attached hydrogen (secondary N) is 1. The number of aryl methyl sites for hydroxylation is 1. The minimum absolute atomic E-state index is 0.0176. The molecule has 0 radical (unpaired) electrons. The molecular weight excluding hydrogens is 526 g/mol. The van der Waals surface area contributed by atoms with Crippen LogP contribution >= 0.6 is 0 Å². The number of hydroxylamine groups is 2. The number of rotatable bonds is 8. The number of aromatic amines is 1. The second-order valence-corrected chi connectivity index (χ2v) is 11.5. The summed E-state index contributed by atoms with van der Waals surface area (Å²) in [7, 11) is 2.02. The van der Waals surface area contributed by atoms with Crippen LogP contribution in [0.15, 0.2) is 71.5 Å². The Balaban J connectivity index is 1.23. The summed E-state index contributed by atoms with van der Waals surface area (Å²) in [6, 6.07) is 22.8. The minimum Gasteiger partial charge on any atom is -0.295 e. The molecule has 1 aliphatic heterocycles. The van der Waals surface area contributed by atoms with Crippen LogP contribution in [0.3, 0.4) is 0 Å². The third-order valence-corrected chi connectivity index (χ3v) is 8.87. The van der Waals surface area contributed by atoms with E-state index in [0.29, 0.717) is 23.7 Å². The summed E-state index contributed by atoms with van der Waals surface area (Å²) in [6.07, 6.45) is 6.53. The van der Waals surface area contributed by atoms with E-state index in [-0.39, 0.29) is 17.7 Å². The maximum atomic E-state index is 14.1. The highest BCUT2D eigenvalue weighted by Gasteiger charge is 2.44. The number of H-pyrrole nitrogens is 1. The predicted octanol–water partition coefficient (Wildman–Crippen LogP) is 5.72. The van der Waals surface area contributed by atoms with Crippen molar-refractivity contribution in [2.45, 2.75) is 64.1 Å². The molecule has 2 aromatic heterocycles. The topological polar surface area (TPSA) is 102 Å². The summed E-state index contributed by atoms with van der Waals surface area (Å²) < 4.78 is 1.87. The van der Waals surface area contributed by atoms with Gasteiger partial charge in [-0.3, -0.25) is 14.2 Å². The zero-order valence-corrected chi connectivity index (χ0v) is 24.0. The van der Waals surface area contributed by atoms with Crippen molar-refractivity contribution in [2.24, 2.45) is 5.92 Å². The first-order chi connectivity index (χ1) is 20.6. The molecule has 214 valence electrons. The Labute approximate surface area is 244 Å². The minimum atomic E-state index is 0.0176. The van der Waals surface area contributed by atoms with Crippen molar-refractivity contribution >= 4 is 10.9 Å². The van der Waals surface area contributed by atoms with Crippen molar-refractivity contribution in [2.75, 3.05) is 7.05 Å². The van der Waals surface area contributed by atoms with Crippen molar-refractivity contribution in [1.82, 2.24) is 35.2 Å². The lowest BCUT2D eigenvalue weighted by Gasteiger charge is -2.22. The van der Waals surface area contributed by atoms with E-state index in [4.69, 9.17) is 9.82 Å². The van der Waals surface area contributed by atoms with Gasteiger partial charge in [0.2, 0.25) is 5.82 Å². The van der Waals surface area contributed by atoms with Gasteiger partial charge in [0, 0.05) is 24.9 Å². The first-order valence-electron chi connectivity index (χ1n) is 15.0.